The molecule has 140 valence electrons. The first-order valence-electron chi connectivity index (χ1n) is 8.29. The highest BCUT2D eigenvalue weighted by Crippen LogP contribution is 2.28. The second kappa shape index (κ2) is 9.03. The summed E-state index contributed by atoms with van der Waals surface area (Å²) in [4.78, 5) is 13.9. The molecule has 0 atom stereocenters. The average Bonchev–Trinajstić information content (AvgIpc) is 2.63. The Morgan fingerprint density at radius 2 is 1.88 bits per heavy atom. The lowest BCUT2D eigenvalue weighted by Crippen LogP contribution is -2.34. The summed E-state index contributed by atoms with van der Waals surface area (Å²) in [5, 5.41) is 2.46. The maximum absolute atomic E-state index is 13.7. The predicted octanol–water partition coefficient (Wildman–Crippen LogP) is 4.43. The van der Waals surface area contributed by atoms with E-state index in [0.29, 0.717) is 31.2 Å². The summed E-state index contributed by atoms with van der Waals surface area (Å²) < 4.78 is 37.5. The van der Waals surface area contributed by atoms with Gasteiger partial charge in [-0.3, -0.25) is 0 Å². The fourth-order valence-corrected chi connectivity index (χ4v) is 2.42. The second-order valence-corrected chi connectivity index (χ2v) is 5.49. The lowest BCUT2D eigenvalue weighted by molar-refractivity contribution is 0.212. The zero-order valence-corrected chi connectivity index (χ0v) is 15.0. The van der Waals surface area contributed by atoms with Gasteiger partial charge >= 0.3 is 6.03 Å². The van der Waals surface area contributed by atoms with E-state index in [4.69, 9.17) is 9.47 Å². The van der Waals surface area contributed by atoms with Crippen LogP contribution in [0.4, 0.5) is 19.3 Å². The van der Waals surface area contributed by atoms with Crippen LogP contribution in [0, 0.1) is 11.6 Å². The Labute approximate surface area is 151 Å². The molecule has 1 N–H and O–H groups in total. The smallest absolute Gasteiger partial charge is 0.322 e. The van der Waals surface area contributed by atoms with Gasteiger partial charge in [0.1, 0.15) is 11.6 Å². The zero-order chi connectivity index (χ0) is 19.1. The van der Waals surface area contributed by atoms with E-state index in [1.165, 1.54) is 11.0 Å². The Bertz CT molecular complexity index is 768. The molecule has 5 nitrogen and oxygen atoms in total. The summed E-state index contributed by atoms with van der Waals surface area (Å²) in [5.74, 6) is -0.323. The minimum absolute atomic E-state index is 0.0703. The molecule has 0 radical (unpaired) electrons. The number of rotatable bonds is 7. The number of hydrogen-bond acceptors (Lipinski definition) is 3. The molecule has 7 heteroatoms. The van der Waals surface area contributed by atoms with Crippen molar-refractivity contribution in [1.82, 2.24) is 4.90 Å². The number of carbonyl (C=O) groups excluding carboxylic acids is 1. The summed E-state index contributed by atoms with van der Waals surface area (Å²) in [6.07, 6.45) is 0. The molecule has 26 heavy (non-hydrogen) atoms. The summed E-state index contributed by atoms with van der Waals surface area (Å²) in [6.45, 7) is 4.91. The molecule has 0 bridgehead atoms. The molecule has 0 saturated carbocycles. The van der Waals surface area contributed by atoms with Crippen LogP contribution in [0.2, 0.25) is 0 Å². The van der Waals surface area contributed by atoms with Crippen LogP contribution in [0.25, 0.3) is 0 Å². The molecule has 0 aliphatic heterocycles. The highest BCUT2D eigenvalue weighted by Gasteiger charge is 2.16. The highest BCUT2D eigenvalue weighted by molar-refractivity contribution is 5.89. The van der Waals surface area contributed by atoms with Crippen molar-refractivity contribution in [3.8, 4) is 11.5 Å². The van der Waals surface area contributed by atoms with Crippen molar-refractivity contribution in [2.45, 2.75) is 20.4 Å². The van der Waals surface area contributed by atoms with Crippen LogP contribution in [0.15, 0.2) is 36.4 Å². The van der Waals surface area contributed by atoms with Crippen LogP contribution in [0.5, 0.6) is 11.5 Å². The molecule has 0 aliphatic carbocycles. The van der Waals surface area contributed by atoms with Crippen molar-refractivity contribution in [3.63, 3.8) is 0 Å². The fourth-order valence-electron chi connectivity index (χ4n) is 2.42. The van der Waals surface area contributed by atoms with Gasteiger partial charge in [-0.1, -0.05) is 6.07 Å². The van der Waals surface area contributed by atoms with Crippen LogP contribution in [-0.2, 0) is 6.54 Å². The summed E-state index contributed by atoms with van der Waals surface area (Å²) in [6, 6.07) is 7.93. The lowest BCUT2D eigenvalue weighted by Gasteiger charge is -2.22. The van der Waals surface area contributed by atoms with Gasteiger partial charge in [0.25, 0.3) is 0 Å². The number of amides is 2. The van der Waals surface area contributed by atoms with Gasteiger partial charge in [-0.15, -0.1) is 0 Å². The van der Waals surface area contributed by atoms with E-state index in [0.717, 1.165) is 17.7 Å². The van der Waals surface area contributed by atoms with Gasteiger partial charge in [0.15, 0.2) is 11.5 Å². The van der Waals surface area contributed by atoms with Gasteiger partial charge in [0, 0.05) is 19.2 Å². The van der Waals surface area contributed by atoms with E-state index in [1.54, 1.807) is 19.2 Å². The van der Waals surface area contributed by atoms with Crippen molar-refractivity contribution in [1.29, 1.82) is 0 Å². The van der Waals surface area contributed by atoms with Gasteiger partial charge in [-0.05, 0) is 43.7 Å². The number of carbonyl (C=O) groups is 1. The molecule has 0 unspecified atom stereocenters. The number of methoxy groups -OCH3 is 1. The van der Waals surface area contributed by atoms with E-state index in [2.05, 4.69) is 5.32 Å². The fraction of sp³-hybridized carbons (Fsp3) is 0.316. The Morgan fingerprint density at radius 1 is 1.12 bits per heavy atom. The van der Waals surface area contributed by atoms with Gasteiger partial charge in [0.05, 0.1) is 19.4 Å². The van der Waals surface area contributed by atoms with Crippen molar-refractivity contribution in [2.75, 3.05) is 25.6 Å². The Morgan fingerprint density at radius 3 is 2.50 bits per heavy atom. The first-order chi connectivity index (χ1) is 12.5. The van der Waals surface area contributed by atoms with Gasteiger partial charge < -0.3 is 19.7 Å². The van der Waals surface area contributed by atoms with Crippen molar-refractivity contribution < 1.29 is 23.0 Å². The molecule has 2 amide bonds. The van der Waals surface area contributed by atoms with Crippen molar-refractivity contribution >= 4 is 11.7 Å². The number of ether oxygens (including phenoxy) is 2. The zero-order valence-electron chi connectivity index (χ0n) is 15.0. The van der Waals surface area contributed by atoms with E-state index in [-0.39, 0.29) is 5.69 Å². The largest absolute Gasteiger partial charge is 0.493 e. The standard InChI is InChI=1S/C19H22F2N2O3/c1-4-23(19(24)22-16-8-7-14(20)11-15(16)21)12-13-6-9-17(26-5-2)18(10-13)25-3/h6-11H,4-5,12H2,1-3H3,(H,22,24). The molecule has 0 aliphatic rings. The molecular formula is C19H22F2N2O3. The predicted molar refractivity (Wildman–Crippen MR) is 95.6 cm³/mol. The topological polar surface area (TPSA) is 50.8 Å². The molecular weight excluding hydrogens is 342 g/mol. The SMILES string of the molecule is CCOc1ccc(CN(CC)C(=O)Nc2ccc(F)cc2F)cc1OC. The molecule has 0 heterocycles. The van der Waals surface area contributed by atoms with Gasteiger partial charge in [-0.25, -0.2) is 13.6 Å². The number of nitrogens with one attached hydrogen (secondary N) is 1. The average molecular weight is 364 g/mol. The lowest BCUT2D eigenvalue weighted by atomic mass is 10.2. The molecule has 0 aromatic heterocycles. The quantitative estimate of drug-likeness (QED) is 0.791. The maximum atomic E-state index is 13.7. The Balaban J connectivity index is 2.11. The number of benzene rings is 2. The Hall–Kier alpha value is -2.83. The van der Waals surface area contributed by atoms with E-state index in [9.17, 15) is 13.6 Å². The van der Waals surface area contributed by atoms with Crippen LogP contribution in [-0.4, -0.2) is 31.2 Å². The van der Waals surface area contributed by atoms with Crippen LogP contribution >= 0.6 is 0 Å². The summed E-state index contributed by atoms with van der Waals surface area (Å²) in [5.41, 5.74) is 0.765. The minimum Gasteiger partial charge on any atom is -0.493 e. The normalized spacial score (nSPS) is 10.3. The second-order valence-electron chi connectivity index (χ2n) is 5.49. The summed E-state index contributed by atoms with van der Waals surface area (Å²) in [7, 11) is 1.54. The minimum atomic E-state index is -0.822. The third-order valence-corrected chi connectivity index (χ3v) is 3.74. The third-order valence-electron chi connectivity index (χ3n) is 3.74. The van der Waals surface area contributed by atoms with Crippen molar-refractivity contribution in [3.05, 3.63) is 53.6 Å². The first-order valence-corrected chi connectivity index (χ1v) is 8.29. The first kappa shape index (κ1) is 19.5. The molecule has 0 spiro atoms. The Kier molecular flexibility index (Phi) is 6.77. The van der Waals surface area contributed by atoms with Crippen LogP contribution in [0.1, 0.15) is 19.4 Å². The number of nitrogens with zero attached hydrogens (tertiary/aromatic N) is 1. The molecule has 2 aromatic carbocycles. The monoisotopic (exact) mass is 364 g/mol. The number of hydrogen-bond donors (Lipinski definition) is 1. The highest BCUT2D eigenvalue weighted by atomic mass is 19.1. The van der Waals surface area contributed by atoms with E-state index in [1.807, 2.05) is 19.9 Å². The van der Waals surface area contributed by atoms with Gasteiger partial charge in [0.2, 0.25) is 0 Å². The van der Waals surface area contributed by atoms with Gasteiger partial charge in [-0.2, -0.15) is 0 Å². The third kappa shape index (κ3) is 4.84. The van der Waals surface area contributed by atoms with Crippen molar-refractivity contribution in [2.24, 2.45) is 0 Å². The number of urea groups is 1. The van der Waals surface area contributed by atoms with E-state index < -0.39 is 17.7 Å². The molecule has 2 aromatic rings. The van der Waals surface area contributed by atoms with E-state index >= 15 is 0 Å². The molecule has 0 saturated heterocycles. The molecule has 0 fully saturated rings. The number of anilines is 1. The van der Waals surface area contributed by atoms with Crippen LogP contribution in [0.3, 0.4) is 0 Å². The van der Waals surface area contributed by atoms with Crippen LogP contribution < -0.4 is 14.8 Å². The number of halogens is 2. The summed E-state index contributed by atoms with van der Waals surface area (Å²) >= 11 is 0. The molecule has 2 rings (SSSR count). The maximum Gasteiger partial charge on any atom is 0.322 e.